The van der Waals surface area contributed by atoms with Gasteiger partial charge in [0.1, 0.15) is 18.3 Å². The van der Waals surface area contributed by atoms with Gasteiger partial charge in [-0.15, -0.1) is 0 Å². The van der Waals surface area contributed by atoms with Gasteiger partial charge in [-0.1, -0.05) is 12.8 Å². The highest BCUT2D eigenvalue weighted by atomic mass is 16.7. The molecule has 0 saturated carbocycles. The fourth-order valence-electron chi connectivity index (χ4n) is 1.80. The van der Waals surface area contributed by atoms with Crippen LogP contribution in [0.1, 0.15) is 25.7 Å². The second-order valence-corrected chi connectivity index (χ2v) is 4.28. The van der Waals surface area contributed by atoms with Gasteiger partial charge in [-0.05, 0) is 19.4 Å². The van der Waals surface area contributed by atoms with Crippen LogP contribution in [0, 0.1) is 0 Å². The maximum Gasteiger partial charge on any atom is 0.186 e. The minimum absolute atomic E-state index is 0.325. The van der Waals surface area contributed by atoms with Crippen LogP contribution in [0.2, 0.25) is 0 Å². The van der Waals surface area contributed by atoms with Gasteiger partial charge in [0, 0.05) is 6.61 Å². The van der Waals surface area contributed by atoms with Gasteiger partial charge in [0.2, 0.25) is 0 Å². The zero-order chi connectivity index (χ0) is 12.7. The first-order valence-electron chi connectivity index (χ1n) is 6.14. The predicted octanol–water partition coefficient (Wildman–Crippen LogP) is -1.04. The summed E-state index contributed by atoms with van der Waals surface area (Å²) in [4.78, 5) is 0. The molecular formula is C11H23NO5. The lowest BCUT2D eigenvalue weighted by Gasteiger charge is -2.15. The Labute approximate surface area is 101 Å². The molecule has 6 nitrogen and oxygen atoms in total. The van der Waals surface area contributed by atoms with Crippen LogP contribution in [0.3, 0.4) is 0 Å². The summed E-state index contributed by atoms with van der Waals surface area (Å²) < 4.78 is 10.5. The van der Waals surface area contributed by atoms with Gasteiger partial charge in [-0.25, -0.2) is 0 Å². The molecule has 0 radical (unpaired) electrons. The Morgan fingerprint density at radius 1 is 1.06 bits per heavy atom. The third-order valence-electron chi connectivity index (χ3n) is 2.88. The largest absolute Gasteiger partial charge is 0.394 e. The van der Waals surface area contributed by atoms with Gasteiger partial charge in [-0.3, -0.25) is 0 Å². The summed E-state index contributed by atoms with van der Waals surface area (Å²) in [7, 11) is 0. The van der Waals surface area contributed by atoms with E-state index in [-0.39, 0.29) is 6.61 Å². The molecule has 4 atom stereocenters. The maximum absolute atomic E-state index is 9.57. The molecule has 6 heteroatoms. The van der Waals surface area contributed by atoms with E-state index in [1.54, 1.807) is 0 Å². The van der Waals surface area contributed by atoms with Crippen LogP contribution in [0.15, 0.2) is 0 Å². The summed E-state index contributed by atoms with van der Waals surface area (Å²) in [5.74, 6) is 0. The molecule has 0 bridgehead atoms. The van der Waals surface area contributed by atoms with Crippen molar-refractivity contribution < 1.29 is 24.8 Å². The molecule has 17 heavy (non-hydrogen) atoms. The second kappa shape index (κ2) is 7.97. The Morgan fingerprint density at radius 2 is 1.76 bits per heavy atom. The second-order valence-electron chi connectivity index (χ2n) is 4.28. The van der Waals surface area contributed by atoms with E-state index in [1.807, 2.05) is 0 Å². The van der Waals surface area contributed by atoms with Gasteiger partial charge < -0.3 is 30.5 Å². The first kappa shape index (κ1) is 14.8. The summed E-state index contributed by atoms with van der Waals surface area (Å²) in [5.41, 5.74) is 5.37. The van der Waals surface area contributed by atoms with Crippen molar-refractivity contribution in [3.05, 3.63) is 0 Å². The Balaban J connectivity index is 2.11. The number of aliphatic hydroxyl groups is 3. The van der Waals surface area contributed by atoms with E-state index < -0.39 is 24.6 Å². The molecule has 0 aliphatic carbocycles. The predicted molar refractivity (Wildman–Crippen MR) is 61.2 cm³/mol. The number of ether oxygens (including phenoxy) is 2. The fraction of sp³-hybridized carbons (Fsp3) is 1.00. The highest BCUT2D eigenvalue weighted by Gasteiger charge is 2.42. The zero-order valence-corrected chi connectivity index (χ0v) is 9.99. The molecule has 1 rings (SSSR count). The normalized spacial score (nSPS) is 33.2. The van der Waals surface area contributed by atoms with Crippen LogP contribution >= 0.6 is 0 Å². The lowest BCUT2D eigenvalue weighted by atomic mass is 10.1. The van der Waals surface area contributed by atoms with Crippen molar-refractivity contribution >= 4 is 0 Å². The highest BCUT2D eigenvalue weighted by molar-refractivity contribution is 4.86. The Bertz CT molecular complexity index is 204. The van der Waals surface area contributed by atoms with E-state index in [4.69, 9.17) is 20.3 Å². The standard InChI is InChI=1S/C11H23NO5/c12-5-3-1-2-4-6-16-11-10(15)9(14)8(7-13)17-11/h8-11,13-15H,1-7,12H2/t8-,9?,10?,11?/m1/s1. The number of hydrogen-bond acceptors (Lipinski definition) is 6. The van der Waals surface area contributed by atoms with Crippen molar-refractivity contribution in [1.29, 1.82) is 0 Å². The SMILES string of the molecule is NCCCCCCOC1O[C@H](CO)C(O)C1O. The van der Waals surface area contributed by atoms with E-state index in [2.05, 4.69) is 0 Å². The molecule has 0 aromatic rings. The molecule has 0 amide bonds. The Morgan fingerprint density at radius 3 is 2.35 bits per heavy atom. The fourth-order valence-corrected chi connectivity index (χ4v) is 1.80. The van der Waals surface area contributed by atoms with E-state index in [0.29, 0.717) is 13.2 Å². The van der Waals surface area contributed by atoms with Gasteiger partial charge in [0.15, 0.2) is 6.29 Å². The van der Waals surface area contributed by atoms with E-state index >= 15 is 0 Å². The zero-order valence-electron chi connectivity index (χ0n) is 9.99. The Kier molecular flexibility index (Phi) is 6.94. The number of rotatable bonds is 8. The number of nitrogens with two attached hydrogens (primary N) is 1. The van der Waals surface area contributed by atoms with E-state index in [9.17, 15) is 10.2 Å². The molecule has 1 fully saturated rings. The van der Waals surface area contributed by atoms with Crippen LogP contribution in [0.4, 0.5) is 0 Å². The third kappa shape index (κ3) is 4.50. The van der Waals surface area contributed by atoms with Crippen molar-refractivity contribution in [2.24, 2.45) is 5.73 Å². The van der Waals surface area contributed by atoms with Crippen LogP contribution < -0.4 is 5.73 Å². The monoisotopic (exact) mass is 249 g/mol. The first-order valence-corrected chi connectivity index (χ1v) is 6.14. The smallest absolute Gasteiger partial charge is 0.186 e. The molecule has 1 aliphatic heterocycles. The van der Waals surface area contributed by atoms with Crippen LogP contribution in [0.5, 0.6) is 0 Å². The third-order valence-corrected chi connectivity index (χ3v) is 2.88. The quantitative estimate of drug-likeness (QED) is 0.410. The summed E-state index contributed by atoms with van der Waals surface area (Å²) in [5, 5.41) is 27.9. The minimum atomic E-state index is -1.09. The van der Waals surface area contributed by atoms with Gasteiger partial charge >= 0.3 is 0 Å². The van der Waals surface area contributed by atoms with Gasteiger partial charge in [-0.2, -0.15) is 0 Å². The molecule has 102 valence electrons. The van der Waals surface area contributed by atoms with Crippen LogP contribution in [0.25, 0.3) is 0 Å². The summed E-state index contributed by atoms with van der Waals surface area (Å²) in [6, 6.07) is 0. The highest BCUT2D eigenvalue weighted by Crippen LogP contribution is 2.22. The molecule has 1 aliphatic rings. The first-order chi connectivity index (χ1) is 8.20. The van der Waals surface area contributed by atoms with Gasteiger partial charge in [0.25, 0.3) is 0 Å². The summed E-state index contributed by atoms with van der Waals surface area (Å²) in [6.45, 7) is 0.849. The molecule has 3 unspecified atom stereocenters. The van der Waals surface area contributed by atoms with E-state index in [1.165, 1.54) is 0 Å². The molecule has 0 aromatic heterocycles. The average molecular weight is 249 g/mol. The van der Waals surface area contributed by atoms with Gasteiger partial charge in [0.05, 0.1) is 6.61 Å². The lowest BCUT2D eigenvalue weighted by molar-refractivity contribution is -0.169. The average Bonchev–Trinajstić information content (AvgIpc) is 2.61. The summed E-state index contributed by atoms with van der Waals surface area (Å²) >= 11 is 0. The van der Waals surface area contributed by atoms with Crippen molar-refractivity contribution in [2.75, 3.05) is 19.8 Å². The molecule has 1 saturated heterocycles. The molecule has 0 aromatic carbocycles. The minimum Gasteiger partial charge on any atom is -0.394 e. The molecule has 5 N–H and O–H groups in total. The maximum atomic E-state index is 9.57. The van der Waals surface area contributed by atoms with E-state index in [0.717, 1.165) is 25.7 Å². The molecule has 0 spiro atoms. The number of hydrogen-bond donors (Lipinski definition) is 4. The van der Waals surface area contributed by atoms with Crippen LogP contribution in [-0.2, 0) is 9.47 Å². The lowest BCUT2D eigenvalue weighted by Crippen LogP contribution is -2.34. The van der Waals surface area contributed by atoms with Crippen molar-refractivity contribution in [3.8, 4) is 0 Å². The van der Waals surface area contributed by atoms with Crippen molar-refractivity contribution in [1.82, 2.24) is 0 Å². The van der Waals surface area contributed by atoms with Crippen molar-refractivity contribution in [2.45, 2.75) is 50.3 Å². The van der Waals surface area contributed by atoms with Crippen molar-refractivity contribution in [3.63, 3.8) is 0 Å². The molecule has 1 heterocycles. The Hall–Kier alpha value is -0.240. The topological polar surface area (TPSA) is 105 Å². The number of aliphatic hydroxyl groups excluding tert-OH is 3. The number of unbranched alkanes of at least 4 members (excludes halogenated alkanes) is 3. The molecular weight excluding hydrogens is 226 g/mol. The summed E-state index contributed by atoms with van der Waals surface area (Å²) in [6.07, 6.45) is 0.199. The van der Waals surface area contributed by atoms with Crippen LogP contribution in [-0.4, -0.2) is 59.7 Å².